The molecular formula is C10H13BrF3N3. The Morgan fingerprint density at radius 3 is 2.65 bits per heavy atom. The number of halogens is 4. The Balaban J connectivity index is 3.00. The van der Waals surface area contributed by atoms with Gasteiger partial charge in [-0.15, -0.1) is 0 Å². The Hall–Kier alpha value is -0.850. The second kappa shape index (κ2) is 6.78. The Morgan fingerprint density at radius 1 is 1.41 bits per heavy atom. The summed E-state index contributed by atoms with van der Waals surface area (Å²) in [7, 11) is 0. The average Bonchev–Trinajstić information content (AvgIpc) is 2.28. The smallest absolute Gasteiger partial charge is 0.255 e. The third-order valence-corrected chi connectivity index (χ3v) is 2.55. The molecule has 0 bridgehead atoms. The SMILES string of the molecule is CCc1ncnc(N(CCBr)CC(F)F)c1F. The molecule has 1 aromatic rings. The maximum absolute atomic E-state index is 13.9. The van der Waals surface area contributed by atoms with E-state index in [9.17, 15) is 13.2 Å². The molecule has 17 heavy (non-hydrogen) atoms. The molecule has 0 aliphatic carbocycles. The van der Waals surface area contributed by atoms with Crippen molar-refractivity contribution in [1.82, 2.24) is 9.97 Å². The van der Waals surface area contributed by atoms with E-state index >= 15 is 0 Å². The molecule has 0 saturated heterocycles. The minimum atomic E-state index is -2.53. The first-order valence-corrected chi connectivity index (χ1v) is 6.30. The Labute approximate surface area is 106 Å². The maximum Gasteiger partial charge on any atom is 0.255 e. The highest BCUT2D eigenvalue weighted by atomic mass is 79.9. The predicted octanol–water partition coefficient (Wildman–Crippen LogP) is 2.64. The number of aryl methyl sites for hydroxylation is 1. The molecule has 0 saturated carbocycles. The van der Waals surface area contributed by atoms with Gasteiger partial charge >= 0.3 is 0 Å². The van der Waals surface area contributed by atoms with Crippen LogP contribution in [-0.4, -0.2) is 34.8 Å². The van der Waals surface area contributed by atoms with Crippen LogP contribution in [0, 0.1) is 5.82 Å². The van der Waals surface area contributed by atoms with E-state index in [4.69, 9.17) is 0 Å². The zero-order chi connectivity index (χ0) is 12.8. The fourth-order valence-electron chi connectivity index (χ4n) is 1.41. The third kappa shape index (κ3) is 3.83. The molecule has 0 amide bonds. The van der Waals surface area contributed by atoms with Gasteiger partial charge in [0, 0.05) is 11.9 Å². The van der Waals surface area contributed by atoms with Gasteiger partial charge in [0.2, 0.25) is 0 Å². The first-order chi connectivity index (χ1) is 8.10. The molecule has 1 heterocycles. The molecule has 0 spiro atoms. The number of rotatable bonds is 6. The number of anilines is 1. The summed E-state index contributed by atoms with van der Waals surface area (Å²) < 4.78 is 38.6. The van der Waals surface area contributed by atoms with E-state index < -0.39 is 18.8 Å². The summed E-state index contributed by atoms with van der Waals surface area (Å²) in [5.74, 6) is -0.673. The van der Waals surface area contributed by atoms with Gasteiger partial charge in [-0.05, 0) is 6.42 Å². The summed E-state index contributed by atoms with van der Waals surface area (Å²) in [6, 6.07) is 0. The molecular weight excluding hydrogens is 299 g/mol. The summed E-state index contributed by atoms with van der Waals surface area (Å²) in [5, 5.41) is 0.463. The number of nitrogens with zero attached hydrogens (tertiary/aromatic N) is 3. The summed E-state index contributed by atoms with van der Waals surface area (Å²) in [5.41, 5.74) is 0.240. The lowest BCUT2D eigenvalue weighted by Gasteiger charge is -2.23. The van der Waals surface area contributed by atoms with Crippen LogP contribution in [0.2, 0.25) is 0 Å². The lowest BCUT2D eigenvalue weighted by molar-refractivity contribution is 0.155. The Morgan fingerprint density at radius 2 is 2.12 bits per heavy atom. The second-order valence-electron chi connectivity index (χ2n) is 3.34. The van der Waals surface area contributed by atoms with E-state index in [1.165, 1.54) is 11.2 Å². The molecule has 0 radical (unpaired) electrons. The molecule has 0 N–H and O–H groups in total. The monoisotopic (exact) mass is 311 g/mol. The van der Waals surface area contributed by atoms with Gasteiger partial charge in [0.1, 0.15) is 6.33 Å². The van der Waals surface area contributed by atoms with Crippen molar-refractivity contribution in [2.75, 3.05) is 23.3 Å². The standard InChI is InChI=1S/C10H13BrF3N3/c1-2-7-9(14)10(16-6-15-7)17(4-3-11)5-8(12)13/h6,8H,2-5H2,1H3. The topological polar surface area (TPSA) is 29.0 Å². The van der Waals surface area contributed by atoms with Crippen molar-refractivity contribution < 1.29 is 13.2 Å². The molecule has 0 fully saturated rings. The van der Waals surface area contributed by atoms with Crippen molar-refractivity contribution in [3.63, 3.8) is 0 Å². The molecule has 96 valence electrons. The van der Waals surface area contributed by atoms with Gasteiger partial charge in [-0.2, -0.15) is 0 Å². The number of aromatic nitrogens is 2. The molecule has 0 aromatic carbocycles. The van der Waals surface area contributed by atoms with Crippen molar-refractivity contribution in [3.05, 3.63) is 17.8 Å². The third-order valence-electron chi connectivity index (χ3n) is 2.19. The largest absolute Gasteiger partial charge is 0.348 e. The molecule has 1 rings (SSSR count). The van der Waals surface area contributed by atoms with E-state index in [0.717, 1.165) is 0 Å². The molecule has 0 aliphatic rings. The fourth-order valence-corrected chi connectivity index (χ4v) is 1.84. The number of hydrogen-bond donors (Lipinski definition) is 0. The van der Waals surface area contributed by atoms with Crippen LogP contribution in [0.4, 0.5) is 19.0 Å². The van der Waals surface area contributed by atoms with Crippen LogP contribution < -0.4 is 4.90 Å². The first-order valence-electron chi connectivity index (χ1n) is 5.18. The summed E-state index contributed by atoms with van der Waals surface area (Å²) in [4.78, 5) is 8.73. The fraction of sp³-hybridized carbons (Fsp3) is 0.600. The lowest BCUT2D eigenvalue weighted by atomic mass is 10.3. The minimum absolute atomic E-state index is 0.0587. The zero-order valence-corrected chi connectivity index (χ0v) is 10.9. The summed E-state index contributed by atoms with van der Waals surface area (Å²) in [6.07, 6.45) is -0.934. The van der Waals surface area contributed by atoms with Gasteiger partial charge in [0.25, 0.3) is 6.43 Å². The number of hydrogen-bond acceptors (Lipinski definition) is 3. The zero-order valence-electron chi connectivity index (χ0n) is 9.34. The van der Waals surface area contributed by atoms with Crippen LogP contribution in [-0.2, 0) is 6.42 Å². The van der Waals surface area contributed by atoms with E-state index in [2.05, 4.69) is 25.9 Å². The normalized spacial score (nSPS) is 10.9. The van der Waals surface area contributed by atoms with E-state index in [0.29, 0.717) is 11.8 Å². The van der Waals surface area contributed by atoms with Crippen LogP contribution in [0.3, 0.4) is 0 Å². The first kappa shape index (κ1) is 14.2. The van der Waals surface area contributed by atoms with Crippen LogP contribution in [0.5, 0.6) is 0 Å². The average molecular weight is 312 g/mol. The van der Waals surface area contributed by atoms with Crippen LogP contribution >= 0.6 is 15.9 Å². The van der Waals surface area contributed by atoms with E-state index in [1.54, 1.807) is 6.92 Å². The predicted molar refractivity (Wildman–Crippen MR) is 63.4 cm³/mol. The second-order valence-corrected chi connectivity index (χ2v) is 4.13. The Kier molecular flexibility index (Phi) is 5.67. The van der Waals surface area contributed by atoms with Gasteiger partial charge in [0.05, 0.1) is 12.2 Å². The molecule has 3 nitrogen and oxygen atoms in total. The van der Waals surface area contributed by atoms with Crippen molar-refractivity contribution in [2.45, 2.75) is 19.8 Å². The lowest BCUT2D eigenvalue weighted by Crippen LogP contribution is -2.32. The number of alkyl halides is 3. The van der Waals surface area contributed by atoms with Crippen molar-refractivity contribution in [1.29, 1.82) is 0 Å². The van der Waals surface area contributed by atoms with E-state index in [1.807, 2.05) is 0 Å². The maximum atomic E-state index is 13.9. The van der Waals surface area contributed by atoms with Gasteiger partial charge in [-0.1, -0.05) is 22.9 Å². The molecule has 0 aliphatic heterocycles. The van der Waals surface area contributed by atoms with Crippen molar-refractivity contribution in [3.8, 4) is 0 Å². The highest BCUT2D eigenvalue weighted by Gasteiger charge is 2.19. The van der Waals surface area contributed by atoms with E-state index in [-0.39, 0.29) is 18.1 Å². The molecule has 0 unspecified atom stereocenters. The molecule has 0 atom stereocenters. The van der Waals surface area contributed by atoms with Gasteiger partial charge in [-0.3, -0.25) is 0 Å². The minimum Gasteiger partial charge on any atom is -0.348 e. The molecule has 7 heteroatoms. The van der Waals surface area contributed by atoms with Crippen LogP contribution in [0.15, 0.2) is 6.33 Å². The summed E-state index contributed by atoms with van der Waals surface area (Å²) in [6.45, 7) is 1.47. The van der Waals surface area contributed by atoms with Crippen LogP contribution in [0.25, 0.3) is 0 Å². The molecule has 1 aromatic heterocycles. The van der Waals surface area contributed by atoms with Crippen molar-refractivity contribution in [2.24, 2.45) is 0 Å². The van der Waals surface area contributed by atoms with Gasteiger partial charge in [-0.25, -0.2) is 23.1 Å². The van der Waals surface area contributed by atoms with Crippen molar-refractivity contribution >= 4 is 21.7 Å². The van der Waals surface area contributed by atoms with Crippen LogP contribution in [0.1, 0.15) is 12.6 Å². The quantitative estimate of drug-likeness (QED) is 0.756. The van der Waals surface area contributed by atoms with Gasteiger partial charge < -0.3 is 4.90 Å². The highest BCUT2D eigenvalue weighted by molar-refractivity contribution is 9.09. The highest BCUT2D eigenvalue weighted by Crippen LogP contribution is 2.19. The Bertz CT molecular complexity index is 363. The van der Waals surface area contributed by atoms with Gasteiger partial charge in [0.15, 0.2) is 11.6 Å². The summed E-state index contributed by atoms with van der Waals surface area (Å²) >= 11 is 3.14.